The SMILES string of the molecule is COC(=O)C1(Cc2nc(Cl)nc(N3CCN(C(=O)OC(C)(C)C)[C@@H](CC#N)C3)c2[N+](=O)[O-])CCCc2c(F)cc(C)cc21. The number of ether oxygens (including phenoxy) is 2. The second-order valence-electron chi connectivity index (χ2n) is 11.9. The van der Waals surface area contributed by atoms with Crippen LogP contribution in [0.5, 0.6) is 0 Å². The number of carbonyl (C=O) groups excluding carboxylic acids is 2. The zero-order chi connectivity index (χ0) is 31.7. The Hall–Kier alpha value is -4.05. The van der Waals surface area contributed by atoms with Gasteiger partial charge in [-0.3, -0.25) is 14.9 Å². The molecule has 1 aromatic carbocycles. The van der Waals surface area contributed by atoms with Crippen LogP contribution in [0, 0.1) is 34.2 Å². The number of nitro groups is 1. The molecule has 2 aliphatic rings. The number of esters is 1. The summed E-state index contributed by atoms with van der Waals surface area (Å²) in [5, 5.41) is 21.8. The van der Waals surface area contributed by atoms with Crippen molar-refractivity contribution < 1.29 is 28.4 Å². The number of hydrogen-bond donors (Lipinski definition) is 0. The van der Waals surface area contributed by atoms with Gasteiger partial charge in [0.15, 0.2) is 0 Å². The first-order valence-corrected chi connectivity index (χ1v) is 14.3. The molecule has 43 heavy (non-hydrogen) atoms. The summed E-state index contributed by atoms with van der Waals surface area (Å²) in [4.78, 5) is 49.7. The van der Waals surface area contributed by atoms with E-state index in [9.17, 15) is 25.0 Å². The standard InChI is InChI=1S/C29H34ClFN6O6/c1-17-13-20-19(21(31)14-17)7-6-9-29(20,25(38)42-5)15-22-23(37(40)41)24(34-26(30)33-22)35-11-12-36(18(16-35)8-10-32)27(39)43-28(2,3)4/h13-14,18H,6-9,11-12,15-16H2,1-5H3/t18-,29?/m0/s1. The first-order valence-electron chi connectivity index (χ1n) is 13.9. The van der Waals surface area contributed by atoms with Gasteiger partial charge in [0, 0.05) is 26.1 Å². The molecule has 1 unspecified atom stereocenters. The minimum absolute atomic E-state index is 0.0375. The van der Waals surface area contributed by atoms with Crippen LogP contribution in [0.3, 0.4) is 0 Å². The number of nitriles is 1. The van der Waals surface area contributed by atoms with E-state index in [0.29, 0.717) is 29.5 Å². The van der Waals surface area contributed by atoms with Crippen molar-refractivity contribution in [3.05, 3.63) is 55.7 Å². The summed E-state index contributed by atoms with van der Waals surface area (Å²) >= 11 is 6.34. The summed E-state index contributed by atoms with van der Waals surface area (Å²) in [5.74, 6) is -1.22. The fourth-order valence-electron chi connectivity index (χ4n) is 5.98. The van der Waals surface area contributed by atoms with E-state index in [1.165, 1.54) is 18.1 Å². The minimum Gasteiger partial charge on any atom is -0.468 e. The van der Waals surface area contributed by atoms with Crippen LogP contribution < -0.4 is 4.90 Å². The normalized spacial score (nSPS) is 20.2. The highest BCUT2D eigenvalue weighted by atomic mass is 35.5. The van der Waals surface area contributed by atoms with Gasteiger partial charge in [0.1, 0.15) is 17.1 Å². The Balaban J connectivity index is 1.79. The lowest BCUT2D eigenvalue weighted by Gasteiger charge is -2.41. The molecule has 1 amide bonds. The number of halogens is 2. The van der Waals surface area contributed by atoms with Gasteiger partial charge in [0.05, 0.1) is 36.0 Å². The summed E-state index contributed by atoms with van der Waals surface area (Å²) in [6, 6.07) is 4.52. The molecule has 1 fully saturated rings. The molecule has 14 heteroatoms. The van der Waals surface area contributed by atoms with E-state index in [1.807, 2.05) is 0 Å². The van der Waals surface area contributed by atoms with E-state index in [2.05, 4.69) is 16.0 Å². The molecule has 230 valence electrons. The third kappa shape index (κ3) is 6.49. The van der Waals surface area contributed by atoms with Crippen LogP contribution in [0.15, 0.2) is 12.1 Å². The third-order valence-corrected chi connectivity index (χ3v) is 7.93. The van der Waals surface area contributed by atoms with Gasteiger partial charge in [-0.15, -0.1) is 0 Å². The van der Waals surface area contributed by atoms with Crippen molar-refractivity contribution in [1.29, 1.82) is 5.26 Å². The topological polar surface area (TPSA) is 152 Å². The largest absolute Gasteiger partial charge is 0.468 e. The van der Waals surface area contributed by atoms with E-state index in [-0.39, 0.29) is 55.7 Å². The molecule has 2 heterocycles. The molecule has 12 nitrogen and oxygen atoms in total. The number of methoxy groups -OCH3 is 1. The predicted octanol–water partition coefficient (Wildman–Crippen LogP) is 4.81. The van der Waals surface area contributed by atoms with Gasteiger partial charge in [0.25, 0.3) is 0 Å². The van der Waals surface area contributed by atoms with Crippen molar-refractivity contribution in [1.82, 2.24) is 14.9 Å². The molecule has 4 rings (SSSR count). The number of benzene rings is 1. The summed E-state index contributed by atoms with van der Waals surface area (Å²) < 4.78 is 25.8. The van der Waals surface area contributed by atoms with Crippen LogP contribution in [0.2, 0.25) is 5.28 Å². The van der Waals surface area contributed by atoms with Crippen molar-refractivity contribution in [2.45, 2.75) is 76.9 Å². The number of amides is 1. The smallest absolute Gasteiger partial charge is 0.410 e. The average molecular weight is 617 g/mol. The Labute approximate surface area is 253 Å². The number of piperazine rings is 1. The number of hydrogen-bond acceptors (Lipinski definition) is 10. The number of nitrogens with zero attached hydrogens (tertiary/aromatic N) is 6. The molecule has 2 aromatic rings. The Morgan fingerprint density at radius 1 is 1.30 bits per heavy atom. The zero-order valence-corrected chi connectivity index (χ0v) is 25.5. The summed E-state index contributed by atoms with van der Waals surface area (Å²) in [6.45, 7) is 7.17. The fraction of sp³-hybridized carbons (Fsp3) is 0.552. The zero-order valence-electron chi connectivity index (χ0n) is 24.8. The van der Waals surface area contributed by atoms with Crippen molar-refractivity contribution in [3.63, 3.8) is 0 Å². The molecule has 0 radical (unpaired) electrons. The molecule has 1 saturated heterocycles. The number of anilines is 1. The fourth-order valence-corrected chi connectivity index (χ4v) is 6.16. The lowest BCUT2D eigenvalue weighted by Crippen LogP contribution is -2.56. The summed E-state index contributed by atoms with van der Waals surface area (Å²) in [5.41, 5.74) is -1.41. The van der Waals surface area contributed by atoms with Crippen LogP contribution in [-0.4, -0.2) is 70.2 Å². The van der Waals surface area contributed by atoms with E-state index in [0.717, 1.165) is 0 Å². The monoisotopic (exact) mass is 616 g/mol. The number of rotatable bonds is 6. The van der Waals surface area contributed by atoms with Crippen LogP contribution in [0.25, 0.3) is 0 Å². The quantitative estimate of drug-likeness (QED) is 0.191. The maximum atomic E-state index is 15.1. The average Bonchev–Trinajstić information content (AvgIpc) is 2.91. The second kappa shape index (κ2) is 12.3. The molecular formula is C29H34ClFN6O6. The van der Waals surface area contributed by atoms with Crippen LogP contribution >= 0.6 is 11.6 Å². The highest BCUT2D eigenvalue weighted by molar-refractivity contribution is 6.28. The van der Waals surface area contributed by atoms with Crippen molar-refractivity contribution >= 4 is 35.2 Å². The van der Waals surface area contributed by atoms with E-state index in [1.54, 1.807) is 38.7 Å². The second-order valence-corrected chi connectivity index (χ2v) is 12.2. The van der Waals surface area contributed by atoms with E-state index >= 15 is 4.39 Å². The summed E-state index contributed by atoms with van der Waals surface area (Å²) in [7, 11) is 1.22. The lowest BCUT2D eigenvalue weighted by atomic mass is 9.66. The maximum Gasteiger partial charge on any atom is 0.410 e. The van der Waals surface area contributed by atoms with Gasteiger partial charge in [-0.2, -0.15) is 10.2 Å². The van der Waals surface area contributed by atoms with Gasteiger partial charge in [-0.25, -0.2) is 14.2 Å². The molecule has 1 aliphatic carbocycles. The van der Waals surface area contributed by atoms with Gasteiger partial charge >= 0.3 is 17.7 Å². The molecule has 1 aliphatic heterocycles. The lowest BCUT2D eigenvalue weighted by molar-refractivity contribution is -0.385. The van der Waals surface area contributed by atoms with Gasteiger partial charge in [-0.05, 0) is 81.3 Å². The molecular weight excluding hydrogens is 583 g/mol. The molecule has 1 aromatic heterocycles. The first-order chi connectivity index (χ1) is 20.2. The minimum atomic E-state index is -1.45. The highest BCUT2D eigenvalue weighted by Gasteiger charge is 2.48. The Bertz CT molecular complexity index is 1490. The number of aromatic nitrogens is 2. The molecule has 0 bridgehead atoms. The molecule has 0 N–H and O–H groups in total. The van der Waals surface area contributed by atoms with E-state index < -0.39 is 45.5 Å². The predicted molar refractivity (Wildman–Crippen MR) is 154 cm³/mol. The molecule has 0 spiro atoms. The first kappa shape index (κ1) is 31.9. The van der Waals surface area contributed by atoms with Gasteiger partial charge < -0.3 is 19.3 Å². The number of carbonyl (C=O) groups is 2. The van der Waals surface area contributed by atoms with Crippen LogP contribution in [0.1, 0.15) is 62.4 Å². The van der Waals surface area contributed by atoms with E-state index in [4.69, 9.17) is 21.1 Å². The third-order valence-electron chi connectivity index (χ3n) is 7.76. The molecule has 2 atom stereocenters. The van der Waals surface area contributed by atoms with Crippen molar-refractivity contribution in [2.24, 2.45) is 0 Å². The Kier molecular flexibility index (Phi) is 9.11. The highest BCUT2D eigenvalue weighted by Crippen LogP contribution is 2.45. The number of fused-ring (bicyclic) bond motifs is 1. The Morgan fingerprint density at radius 2 is 2.02 bits per heavy atom. The van der Waals surface area contributed by atoms with Crippen molar-refractivity contribution in [3.8, 4) is 6.07 Å². The van der Waals surface area contributed by atoms with Crippen molar-refractivity contribution in [2.75, 3.05) is 31.6 Å². The van der Waals surface area contributed by atoms with Crippen LogP contribution in [0.4, 0.5) is 20.7 Å². The van der Waals surface area contributed by atoms with Gasteiger partial charge in [0.2, 0.25) is 11.1 Å². The van der Waals surface area contributed by atoms with Gasteiger partial charge in [-0.1, -0.05) is 6.07 Å². The Morgan fingerprint density at radius 3 is 2.65 bits per heavy atom. The van der Waals surface area contributed by atoms with Crippen LogP contribution in [-0.2, 0) is 32.5 Å². The summed E-state index contributed by atoms with van der Waals surface area (Å²) in [6.07, 6.45) is 0.178. The molecule has 0 saturated carbocycles. The maximum absolute atomic E-state index is 15.1. The number of aryl methyl sites for hydroxylation is 1.